The summed E-state index contributed by atoms with van der Waals surface area (Å²) in [6.45, 7) is 1.51. The highest BCUT2D eigenvalue weighted by molar-refractivity contribution is 7.18. The Hall–Kier alpha value is -3.23. The summed E-state index contributed by atoms with van der Waals surface area (Å²) in [5.74, 6) is -0.902. The van der Waals surface area contributed by atoms with Crippen molar-refractivity contribution in [2.24, 2.45) is 0 Å². The summed E-state index contributed by atoms with van der Waals surface area (Å²) in [4.78, 5) is 40.1. The first kappa shape index (κ1) is 20.1. The highest BCUT2D eigenvalue weighted by atomic mass is 35.5. The topological polar surface area (TPSA) is 73.1 Å². The molecule has 0 saturated carbocycles. The number of carbonyl (C=O) groups excluding carboxylic acids is 1. The standard InChI is InChI=1S/C21H15ClFN3O3S/c1-12-9-17-19(28)26(16-4-2-3-13(22)10-16)21(29)25(20(17)30-12)11-18(27)24-15-7-5-14(23)6-8-15/h2-10H,11H2,1H3,(H,24,27). The normalized spacial score (nSPS) is 11.0. The lowest BCUT2D eigenvalue weighted by molar-refractivity contribution is -0.116. The number of aromatic nitrogens is 2. The summed E-state index contributed by atoms with van der Waals surface area (Å²) in [6, 6.07) is 13.4. The van der Waals surface area contributed by atoms with E-state index in [1.807, 2.05) is 6.92 Å². The lowest BCUT2D eigenvalue weighted by Crippen LogP contribution is -2.40. The van der Waals surface area contributed by atoms with Crippen molar-refractivity contribution < 1.29 is 9.18 Å². The monoisotopic (exact) mass is 443 g/mol. The Morgan fingerprint density at radius 2 is 1.87 bits per heavy atom. The lowest BCUT2D eigenvalue weighted by atomic mass is 10.3. The van der Waals surface area contributed by atoms with E-state index >= 15 is 0 Å². The molecule has 30 heavy (non-hydrogen) atoms. The maximum absolute atomic E-state index is 13.2. The molecule has 0 aliphatic rings. The molecule has 0 unspecified atom stereocenters. The average Bonchev–Trinajstić information content (AvgIpc) is 3.09. The molecule has 2 aromatic heterocycles. The molecule has 2 aromatic carbocycles. The largest absolute Gasteiger partial charge is 0.337 e. The Balaban J connectivity index is 1.82. The second kappa shape index (κ2) is 7.89. The molecule has 0 aliphatic carbocycles. The van der Waals surface area contributed by atoms with Gasteiger partial charge in [0.1, 0.15) is 17.2 Å². The van der Waals surface area contributed by atoms with Crippen LogP contribution in [-0.2, 0) is 11.3 Å². The maximum Gasteiger partial charge on any atom is 0.337 e. The first-order valence-electron chi connectivity index (χ1n) is 8.91. The van der Waals surface area contributed by atoms with Gasteiger partial charge in [-0.05, 0) is 55.5 Å². The van der Waals surface area contributed by atoms with Gasteiger partial charge in [-0.3, -0.25) is 14.2 Å². The molecule has 2 heterocycles. The molecule has 4 aromatic rings. The van der Waals surface area contributed by atoms with Gasteiger partial charge in [0, 0.05) is 15.6 Å². The van der Waals surface area contributed by atoms with Crippen molar-refractivity contribution in [3.8, 4) is 5.69 Å². The summed E-state index contributed by atoms with van der Waals surface area (Å²) in [7, 11) is 0. The van der Waals surface area contributed by atoms with E-state index in [1.165, 1.54) is 46.2 Å². The lowest BCUT2D eigenvalue weighted by Gasteiger charge is -2.12. The van der Waals surface area contributed by atoms with Gasteiger partial charge in [-0.25, -0.2) is 13.8 Å². The van der Waals surface area contributed by atoms with E-state index in [2.05, 4.69) is 5.32 Å². The van der Waals surface area contributed by atoms with Crippen LogP contribution in [0.1, 0.15) is 4.88 Å². The van der Waals surface area contributed by atoms with Gasteiger partial charge in [0.25, 0.3) is 5.56 Å². The number of halogens is 2. The number of rotatable bonds is 4. The number of hydrogen-bond donors (Lipinski definition) is 1. The zero-order valence-corrected chi connectivity index (χ0v) is 17.3. The van der Waals surface area contributed by atoms with Crippen molar-refractivity contribution in [3.63, 3.8) is 0 Å². The quantitative estimate of drug-likeness (QED) is 0.519. The molecule has 0 atom stereocenters. The number of hydrogen-bond acceptors (Lipinski definition) is 4. The first-order chi connectivity index (χ1) is 14.3. The van der Waals surface area contributed by atoms with Crippen molar-refractivity contribution in [1.82, 2.24) is 9.13 Å². The van der Waals surface area contributed by atoms with Gasteiger partial charge in [-0.1, -0.05) is 17.7 Å². The molecular weight excluding hydrogens is 429 g/mol. The fourth-order valence-electron chi connectivity index (χ4n) is 3.13. The summed E-state index contributed by atoms with van der Waals surface area (Å²) in [5.41, 5.74) is -0.408. The van der Waals surface area contributed by atoms with Gasteiger partial charge in [-0.15, -0.1) is 11.3 Å². The zero-order valence-electron chi connectivity index (χ0n) is 15.7. The molecule has 152 valence electrons. The van der Waals surface area contributed by atoms with Crippen LogP contribution in [-0.4, -0.2) is 15.0 Å². The summed E-state index contributed by atoms with van der Waals surface area (Å²) >= 11 is 7.29. The third kappa shape index (κ3) is 3.79. The van der Waals surface area contributed by atoms with Crippen molar-refractivity contribution in [2.45, 2.75) is 13.5 Å². The third-order valence-corrected chi connectivity index (χ3v) is 5.74. The fourth-order valence-corrected chi connectivity index (χ4v) is 4.31. The number of aryl methyl sites for hydroxylation is 1. The van der Waals surface area contributed by atoms with E-state index in [4.69, 9.17) is 11.6 Å². The van der Waals surface area contributed by atoms with Gasteiger partial charge in [0.15, 0.2) is 0 Å². The van der Waals surface area contributed by atoms with E-state index in [1.54, 1.807) is 24.3 Å². The van der Waals surface area contributed by atoms with Crippen molar-refractivity contribution in [3.05, 3.63) is 91.2 Å². The molecule has 0 bridgehead atoms. The number of benzene rings is 2. The van der Waals surface area contributed by atoms with E-state index in [-0.39, 0.29) is 6.54 Å². The molecule has 9 heteroatoms. The van der Waals surface area contributed by atoms with E-state index in [9.17, 15) is 18.8 Å². The Morgan fingerprint density at radius 1 is 1.13 bits per heavy atom. The summed E-state index contributed by atoms with van der Waals surface area (Å²) in [5, 5.41) is 3.35. The Bertz CT molecular complexity index is 1390. The van der Waals surface area contributed by atoms with Crippen LogP contribution < -0.4 is 16.6 Å². The summed E-state index contributed by atoms with van der Waals surface area (Å²) in [6.07, 6.45) is 0. The zero-order chi connectivity index (χ0) is 21.4. The molecule has 0 aliphatic heterocycles. The Kier molecular flexibility index (Phi) is 5.27. The van der Waals surface area contributed by atoms with Crippen molar-refractivity contribution in [2.75, 3.05) is 5.32 Å². The smallest absolute Gasteiger partial charge is 0.325 e. The molecule has 0 fully saturated rings. The molecule has 0 spiro atoms. The van der Waals surface area contributed by atoms with Crippen LogP contribution in [0, 0.1) is 12.7 Å². The number of carbonyl (C=O) groups is 1. The van der Waals surface area contributed by atoms with Gasteiger partial charge in [0.05, 0.1) is 11.1 Å². The van der Waals surface area contributed by atoms with Gasteiger partial charge < -0.3 is 5.32 Å². The van der Waals surface area contributed by atoms with E-state index in [0.29, 0.717) is 26.6 Å². The van der Waals surface area contributed by atoms with E-state index < -0.39 is 23.0 Å². The SMILES string of the molecule is Cc1cc2c(=O)n(-c3cccc(Cl)c3)c(=O)n(CC(=O)Nc3ccc(F)cc3)c2s1. The van der Waals surface area contributed by atoms with Gasteiger partial charge >= 0.3 is 5.69 Å². The van der Waals surface area contributed by atoms with Crippen LogP contribution in [0.4, 0.5) is 10.1 Å². The number of anilines is 1. The minimum Gasteiger partial charge on any atom is -0.325 e. The molecule has 1 N–H and O–H groups in total. The predicted octanol–water partition coefficient (Wildman–Crippen LogP) is 3.95. The first-order valence-corrected chi connectivity index (χ1v) is 10.1. The highest BCUT2D eigenvalue weighted by Gasteiger charge is 2.19. The Labute approximate surface area is 178 Å². The van der Waals surface area contributed by atoms with Crippen LogP contribution in [0.5, 0.6) is 0 Å². The second-order valence-corrected chi connectivity index (χ2v) is 8.29. The number of nitrogens with zero attached hydrogens (tertiary/aromatic N) is 2. The second-order valence-electron chi connectivity index (χ2n) is 6.62. The van der Waals surface area contributed by atoms with Crippen molar-refractivity contribution >= 4 is 44.7 Å². The van der Waals surface area contributed by atoms with Gasteiger partial charge in [-0.2, -0.15) is 0 Å². The van der Waals surface area contributed by atoms with Crippen LogP contribution >= 0.6 is 22.9 Å². The molecule has 0 radical (unpaired) electrons. The fraction of sp³-hybridized carbons (Fsp3) is 0.0952. The maximum atomic E-state index is 13.2. The number of thiophene rings is 1. The molecule has 1 amide bonds. The molecule has 6 nitrogen and oxygen atoms in total. The summed E-state index contributed by atoms with van der Waals surface area (Å²) < 4.78 is 15.3. The molecular formula is C21H15ClFN3O3S. The van der Waals surface area contributed by atoms with Crippen LogP contribution in [0.2, 0.25) is 5.02 Å². The van der Waals surface area contributed by atoms with Crippen LogP contribution in [0.15, 0.2) is 64.2 Å². The van der Waals surface area contributed by atoms with Crippen LogP contribution in [0.25, 0.3) is 15.9 Å². The predicted molar refractivity (Wildman–Crippen MR) is 116 cm³/mol. The average molecular weight is 444 g/mol. The number of fused-ring (bicyclic) bond motifs is 1. The molecule has 0 saturated heterocycles. The van der Waals surface area contributed by atoms with Gasteiger partial charge in [0.2, 0.25) is 5.91 Å². The Morgan fingerprint density at radius 3 is 2.57 bits per heavy atom. The minimum atomic E-state index is -0.647. The van der Waals surface area contributed by atoms with Crippen LogP contribution in [0.3, 0.4) is 0 Å². The highest BCUT2D eigenvalue weighted by Crippen LogP contribution is 2.22. The van der Waals surface area contributed by atoms with E-state index in [0.717, 1.165) is 9.44 Å². The van der Waals surface area contributed by atoms with Crippen molar-refractivity contribution in [1.29, 1.82) is 0 Å². The molecule has 4 rings (SSSR count). The third-order valence-electron chi connectivity index (χ3n) is 4.43. The minimum absolute atomic E-state index is 0.312. The number of nitrogens with one attached hydrogen (secondary N) is 1. The number of amides is 1.